The Labute approximate surface area is 140 Å². The number of hydrogen-bond acceptors (Lipinski definition) is 5. The third-order valence-electron chi connectivity index (χ3n) is 5.27. The first-order valence-corrected chi connectivity index (χ1v) is 8.55. The average Bonchev–Trinajstić information content (AvgIpc) is 2.42. The SMILES string of the molecule is CCOC(=O)NC(=O)COC(=O)C12C[C@@H]3C[C@H](CC(Cl)(C3)C1)C2. The molecule has 6 nitrogen and oxygen atoms in total. The highest BCUT2D eigenvalue weighted by molar-refractivity contribution is 6.24. The van der Waals surface area contributed by atoms with Gasteiger partial charge in [-0.05, 0) is 57.3 Å². The van der Waals surface area contributed by atoms with Gasteiger partial charge in [-0.2, -0.15) is 0 Å². The molecule has 128 valence electrons. The Balaban J connectivity index is 1.56. The zero-order valence-electron chi connectivity index (χ0n) is 13.2. The second-order valence-electron chi connectivity index (χ2n) is 7.24. The molecule has 1 N–H and O–H groups in total. The molecule has 4 aliphatic rings. The topological polar surface area (TPSA) is 81.7 Å². The van der Waals surface area contributed by atoms with E-state index in [1.165, 1.54) is 0 Å². The van der Waals surface area contributed by atoms with E-state index in [2.05, 4.69) is 4.74 Å². The maximum atomic E-state index is 12.6. The number of imide groups is 1. The third-order valence-corrected chi connectivity index (χ3v) is 5.72. The minimum atomic E-state index is -0.830. The quantitative estimate of drug-likeness (QED) is 0.626. The number of alkyl carbamates (subject to hydrolysis) is 1. The van der Waals surface area contributed by atoms with Gasteiger partial charge in [-0.25, -0.2) is 4.79 Å². The van der Waals surface area contributed by atoms with Crippen molar-refractivity contribution in [2.45, 2.75) is 50.3 Å². The van der Waals surface area contributed by atoms with Gasteiger partial charge in [-0.15, -0.1) is 11.6 Å². The van der Waals surface area contributed by atoms with Crippen LogP contribution in [0.1, 0.15) is 45.4 Å². The number of rotatable bonds is 4. The molecule has 0 aromatic rings. The molecular weight excluding hydrogens is 322 g/mol. The monoisotopic (exact) mass is 343 g/mol. The third kappa shape index (κ3) is 3.32. The van der Waals surface area contributed by atoms with Crippen molar-refractivity contribution in [2.75, 3.05) is 13.2 Å². The molecule has 4 rings (SSSR count). The molecule has 0 aromatic heterocycles. The van der Waals surface area contributed by atoms with Crippen LogP contribution in [-0.2, 0) is 19.1 Å². The summed E-state index contributed by atoms with van der Waals surface area (Å²) in [6, 6.07) is 0. The van der Waals surface area contributed by atoms with E-state index in [4.69, 9.17) is 16.3 Å². The van der Waals surface area contributed by atoms with Gasteiger partial charge in [0.05, 0.1) is 12.0 Å². The second kappa shape index (κ2) is 5.96. The first kappa shape index (κ1) is 16.6. The fourth-order valence-corrected chi connectivity index (χ4v) is 5.68. The van der Waals surface area contributed by atoms with E-state index in [0.29, 0.717) is 18.3 Å². The summed E-state index contributed by atoms with van der Waals surface area (Å²) in [6.45, 7) is 1.34. The Hall–Kier alpha value is -1.30. The lowest BCUT2D eigenvalue weighted by Gasteiger charge is -2.58. The van der Waals surface area contributed by atoms with Crippen molar-refractivity contribution in [2.24, 2.45) is 17.3 Å². The lowest BCUT2D eigenvalue weighted by Crippen LogP contribution is -2.56. The summed E-state index contributed by atoms with van der Waals surface area (Å²) in [5.74, 6) is -0.0675. The number of ether oxygens (including phenoxy) is 2. The lowest BCUT2D eigenvalue weighted by molar-refractivity contribution is -0.171. The maximum Gasteiger partial charge on any atom is 0.413 e. The molecule has 23 heavy (non-hydrogen) atoms. The predicted octanol–water partition coefficient (Wildman–Crippen LogP) is 2.38. The highest BCUT2D eigenvalue weighted by Gasteiger charge is 2.60. The Bertz CT molecular complexity index is 521. The Kier molecular flexibility index (Phi) is 4.29. The van der Waals surface area contributed by atoms with Crippen LogP contribution in [0.3, 0.4) is 0 Å². The molecule has 4 fully saturated rings. The average molecular weight is 344 g/mol. The smallest absolute Gasteiger partial charge is 0.413 e. The van der Waals surface area contributed by atoms with Crippen LogP contribution in [0.2, 0.25) is 0 Å². The molecule has 0 heterocycles. The standard InChI is InChI=1S/C16H22ClNO5/c1-2-22-14(21)18-12(19)8-23-13(20)15-4-10-3-11(5-15)7-16(17,6-10)9-15/h10-11H,2-9H2,1H3,(H,18,19,21)/t10-,11-,15?,16?/m0/s1. The number of carbonyl (C=O) groups is 3. The van der Waals surface area contributed by atoms with Gasteiger partial charge in [0, 0.05) is 4.87 Å². The summed E-state index contributed by atoms with van der Waals surface area (Å²) in [4.78, 5) is 35.1. The molecule has 0 aromatic carbocycles. The second-order valence-corrected chi connectivity index (χ2v) is 8.04. The minimum absolute atomic E-state index is 0.169. The van der Waals surface area contributed by atoms with Crippen molar-refractivity contribution in [3.05, 3.63) is 0 Å². The van der Waals surface area contributed by atoms with Gasteiger partial charge in [0.25, 0.3) is 5.91 Å². The van der Waals surface area contributed by atoms with Crippen LogP contribution in [0, 0.1) is 17.3 Å². The van der Waals surface area contributed by atoms with Gasteiger partial charge in [-0.1, -0.05) is 0 Å². The fraction of sp³-hybridized carbons (Fsp3) is 0.812. The van der Waals surface area contributed by atoms with Crippen molar-refractivity contribution < 1.29 is 23.9 Å². The largest absolute Gasteiger partial charge is 0.455 e. The van der Waals surface area contributed by atoms with E-state index < -0.39 is 24.0 Å². The van der Waals surface area contributed by atoms with Gasteiger partial charge in [0.1, 0.15) is 0 Å². The van der Waals surface area contributed by atoms with Crippen molar-refractivity contribution in [3.8, 4) is 0 Å². The number of hydrogen-bond donors (Lipinski definition) is 1. The van der Waals surface area contributed by atoms with Gasteiger partial charge in [-0.3, -0.25) is 14.9 Å². The Morgan fingerprint density at radius 3 is 2.35 bits per heavy atom. The van der Waals surface area contributed by atoms with Crippen molar-refractivity contribution >= 4 is 29.6 Å². The van der Waals surface area contributed by atoms with E-state index in [1.807, 2.05) is 5.32 Å². The fourth-order valence-electron chi connectivity index (χ4n) is 4.99. The van der Waals surface area contributed by atoms with Gasteiger partial charge < -0.3 is 9.47 Å². The van der Waals surface area contributed by atoms with Crippen LogP contribution >= 0.6 is 11.6 Å². The van der Waals surface area contributed by atoms with E-state index in [0.717, 1.165) is 32.1 Å². The van der Waals surface area contributed by atoms with E-state index in [1.54, 1.807) is 6.92 Å². The Morgan fingerprint density at radius 2 is 1.78 bits per heavy atom. The molecule has 4 aliphatic carbocycles. The van der Waals surface area contributed by atoms with Crippen molar-refractivity contribution in [1.29, 1.82) is 0 Å². The molecule has 2 amide bonds. The predicted molar refractivity (Wildman–Crippen MR) is 81.8 cm³/mol. The van der Waals surface area contributed by atoms with Crippen molar-refractivity contribution in [3.63, 3.8) is 0 Å². The molecule has 4 bridgehead atoms. The van der Waals surface area contributed by atoms with Crippen LogP contribution in [0.25, 0.3) is 0 Å². The van der Waals surface area contributed by atoms with Crippen LogP contribution in [0.5, 0.6) is 0 Å². The normalized spacial score (nSPS) is 37.3. The lowest BCUT2D eigenvalue weighted by atomic mass is 9.49. The number of alkyl halides is 1. The summed E-state index contributed by atoms with van der Waals surface area (Å²) in [5.41, 5.74) is -0.546. The van der Waals surface area contributed by atoms with E-state index in [9.17, 15) is 14.4 Å². The molecule has 0 aliphatic heterocycles. The summed E-state index contributed by atoms with van der Waals surface area (Å²) in [5, 5.41) is 2.01. The first-order chi connectivity index (χ1) is 10.8. The highest BCUT2D eigenvalue weighted by atomic mass is 35.5. The molecule has 0 spiro atoms. The summed E-state index contributed by atoms with van der Waals surface area (Å²) in [6.07, 6.45) is 4.50. The number of amides is 2. The molecule has 0 saturated heterocycles. The summed E-state index contributed by atoms with van der Waals surface area (Å²) >= 11 is 6.68. The van der Waals surface area contributed by atoms with E-state index >= 15 is 0 Å². The van der Waals surface area contributed by atoms with Crippen LogP contribution in [0.4, 0.5) is 4.79 Å². The molecule has 0 radical (unpaired) electrons. The molecule has 2 atom stereocenters. The van der Waals surface area contributed by atoms with Gasteiger partial charge >= 0.3 is 12.1 Å². The summed E-state index contributed by atoms with van der Waals surface area (Å²) < 4.78 is 9.80. The molecule has 7 heteroatoms. The van der Waals surface area contributed by atoms with Gasteiger partial charge in [0.2, 0.25) is 0 Å². The van der Waals surface area contributed by atoms with Crippen LogP contribution in [0.15, 0.2) is 0 Å². The zero-order chi connectivity index (χ0) is 16.7. The van der Waals surface area contributed by atoms with E-state index in [-0.39, 0.29) is 17.5 Å². The highest BCUT2D eigenvalue weighted by Crippen LogP contribution is 2.64. The molecule has 4 saturated carbocycles. The van der Waals surface area contributed by atoms with Crippen LogP contribution in [-0.4, -0.2) is 36.1 Å². The molecular formula is C16H22ClNO5. The maximum absolute atomic E-state index is 12.6. The summed E-state index contributed by atoms with van der Waals surface area (Å²) in [7, 11) is 0. The number of esters is 1. The minimum Gasteiger partial charge on any atom is -0.455 e. The van der Waals surface area contributed by atoms with Crippen LogP contribution < -0.4 is 5.32 Å². The van der Waals surface area contributed by atoms with Gasteiger partial charge in [0.15, 0.2) is 6.61 Å². The number of nitrogens with one attached hydrogen (secondary N) is 1. The first-order valence-electron chi connectivity index (χ1n) is 8.17. The van der Waals surface area contributed by atoms with Crippen molar-refractivity contribution in [1.82, 2.24) is 5.32 Å². The number of halogens is 1. The number of carbonyl (C=O) groups excluding carboxylic acids is 3. The molecule has 0 unspecified atom stereocenters. The Morgan fingerprint density at radius 1 is 1.13 bits per heavy atom. The zero-order valence-corrected chi connectivity index (χ0v) is 14.0.